The first-order valence-electron chi connectivity index (χ1n) is 13.0. The van der Waals surface area contributed by atoms with Crippen molar-refractivity contribution in [3.8, 4) is 22.6 Å². The molecule has 3 atom stereocenters. The molecule has 0 aromatic heterocycles. The molecule has 1 heterocycles. The van der Waals surface area contributed by atoms with Crippen molar-refractivity contribution < 1.29 is 19.3 Å². The molecule has 3 N–H and O–H groups in total. The summed E-state index contributed by atoms with van der Waals surface area (Å²) in [7, 11) is 1.57. The Bertz CT molecular complexity index is 1410. The minimum absolute atomic E-state index is 0.106. The van der Waals surface area contributed by atoms with Crippen LogP contribution in [0, 0.1) is 5.82 Å². The third-order valence-electron chi connectivity index (χ3n) is 7.24. The standard InChI is InChI=1S/C32H31FN2O3S/c1-38-26-18-19-27(30(37)20-26)31-28(8-5-9-29(36)23-10-14-24(33)15-11-23)34-32(39)35(31)25-16-12-22(13-17-25)21-6-3-2-4-7-21/h2-4,6-7,10-20,28-29,31,36-37H,5,8-9H2,1H3,(H,34,39). The fourth-order valence-corrected chi connectivity index (χ4v) is 5.58. The highest BCUT2D eigenvalue weighted by molar-refractivity contribution is 7.80. The Morgan fingerprint density at radius 2 is 1.64 bits per heavy atom. The van der Waals surface area contributed by atoms with Gasteiger partial charge in [0, 0.05) is 17.3 Å². The number of hydrogen-bond donors (Lipinski definition) is 3. The van der Waals surface area contributed by atoms with Crippen LogP contribution < -0.4 is 15.0 Å². The van der Waals surface area contributed by atoms with Gasteiger partial charge in [0.1, 0.15) is 17.3 Å². The Balaban J connectivity index is 1.39. The highest BCUT2D eigenvalue weighted by Gasteiger charge is 2.40. The second kappa shape index (κ2) is 11.8. The van der Waals surface area contributed by atoms with Crippen molar-refractivity contribution in [2.24, 2.45) is 0 Å². The summed E-state index contributed by atoms with van der Waals surface area (Å²) in [6.07, 6.45) is 1.23. The van der Waals surface area contributed by atoms with Crippen LogP contribution in [0.3, 0.4) is 0 Å². The van der Waals surface area contributed by atoms with E-state index in [1.165, 1.54) is 12.1 Å². The quantitative estimate of drug-likeness (QED) is 0.200. The Kier molecular flexibility index (Phi) is 8.10. The first-order valence-corrected chi connectivity index (χ1v) is 13.4. The number of ether oxygens (including phenoxy) is 1. The first kappa shape index (κ1) is 26.7. The third-order valence-corrected chi connectivity index (χ3v) is 7.56. The van der Waals surface area contributed by atoms with E-state index in [2.05, 4.69) is 29.6 Å². The van der Waals surface area contributed by atoms with Crippen LogP contribution in [-0.2, 0) is 0 Å². The number of nitrogens with zero attached hydrogens (tertiary/aromatic N) is 1. The molecule has 5 nitrogen and oxygen atoms in total. The molecule has 0 radical (unpaired) electrons. The number of benzene rings is 4. The monoisotopic (exact) mass is 542 g/mol. The zero-order chi connectivity index (χ0) is 27.4. The van der Waals surface area contributed by atoms with Gasteiger partial charge in [0.2, 0.25) is 0 Å². The molecular formula is C32H31FN2O3S. The number of hydrogen-bond acceptors (Lipinski definition) is 4. The van der Waals surface area contributed by atoms with Gasteiger partial charge in [-0.1, -0.05) is 54.6 Å². The van der Waals surface area contributed by atoms with E-state index >= 15 is 0 Å². The average molecular weight is 543 g/mol. The number of aliphatic hydroxyl groups is 1. The van der Waals surface area contributed by atoms with Crippen LogP contribution in [0.1, 0.15) is 42.5 Å². The number of methoxy groups -OCH3 is 1. The van der Waals surface area contributed by atoms with Gasteiger partial charge in [-0.25, -0.2) is 4.39 Å². The second-order valence-corrected chi connectivity index (χ2v) is 10.1. The summed E-state index contributed by atoms with van der Waals surface area (Å²) < 4.78 is 18.6. The molecule has 0 saturated carbocycles. The van der Waals surface area contributed by atoms with Gasteiger partial charge in [0.25, 0.3) is 0 Å². The number of nitrogens with one attached hydrogen (secondary N) is 1. The fourth-order valence-electron chi connectivity index (χ4n) is 5.21. The molecule has 1 saturated heterocycles. The third kappa shape index (κ3) is 5.90. The number of rotatable bonds is 9. The van der Waals surface area contributed by atoms with Crippen LogP contribution >= 0.6 is 12.2 Å². The highest BCUT2D eigenvalue weighted by Crippen LogP contribution is 2.41. The van der Waals surface area contributed by atoms with Crippen LogP contribution in [0.25, 0.3) is 11.1 Å². The van der Waals surface area contributed by atoms with Gasteiger partial charge < -0.3 is 25.2 Å². The number of anilines is 1. The summed E-state index contributed by atoms with van der Waals surface area (Å²) in [5.41, 5.74) is 4.58. The lowest BCUT2D eigenvalue weighted by Gasteiger charge is -2.29. The molecule has 1 fully saturated rings. The summed E-state index contributed by atoms with van der Waals surface area (Å²) in [6.45, 7) is 0. The molecule has 3 unspecified atom stereocenters. The molecule has 1 aliphatic heterocycles. The maximum Gasteiger partial charge on any atom is 0.174 e. The van der Waals surface area contributed by atoms with Gasteiger partial charge in [0.05, 0.1) is 25.3 Å². The lowest BCUT2D eigenvalue weighted by molar-refractivity contribution is 0.162. The molecule has 0 aliphatic carbocycles. The molecular weight excluding hydrogens is 511 g/mol. The van der Waals surface area contributed by atoms with Crippen LogP contribution in [0.5, 0.6) is 11.5 Å². The molecule has 0 spiro atoms. The Hall–Kier alpha value is -3.94. The van der Waals surface area contributed by atoms with Gasteiger partial charge in [-0.2, -0.15) is 0 Å². The molecule has 39 heavy (non-hydrogen) atoms. The van der Waals surface area contributed by atoms with E-state index in [1.807, 2.05) is 47.4 Å². The lowest BCUT2D eigenvalue weighted by atomic mass is 9.93. The molecule has 5 rings (SSSR count). The van der Waals surface area contributed by atoms with Gasteiger partial charge in [0.15, 0.2) is 5.11 Å². The van der Waals surface area contributed by atoms with Crippen molar-refractivity contribution in [2.45, 2.75) is 37.5 Å². The minimum Gasteiger partial charge on any atom is -0.507 e. The lowest BCUT2D eigenvalue weighted by Crippen LogP contribution is -2.29. The smallest absolute Gasteiger partial charge is 0.174 e. The number of aliphatic hydroxyl groups excluding tert-OH is 1. The van der Waals surface area contributed by atoms with Crippen LogP contribution in [0.4, 0.5) is 10.1 Å². The molecule has 1 aliphatic rings. The largest absolute Gasteiger partial charge is 0.507 e. The van der Waals surface area contributed by atoms with E-state index in [0.29, 0.717) is 35.7 Å². The SMILES string of the molecule is COc1ccc(C2C(CCCC(O)c3ccc(F)cc3)NC(=S)N2c2ccc(-c3ccccc3)cc2)c(O)c1. The van der Waals surface area contributed by atoms with E-state index in [9.17, 15) is 14.6 Å². The summed E-state index contributed by atoms with van der Waals surface area (Å²) in [5, 5.41) is 25.7. The van der Waals surface area contributed by atoms with Gasteiger partial charge in [-0.05, 0) is 84.6 Å². The number of phenolic OH excluding ortho intramolecular Hbond substituents is 1. The normalized spacial score (nSPS) is 17.6. The number of phenols is 1. The van der Waals surface area contributed by atoms with E-state index < -0.39 is 6.10 Å². The van der Waals surface area contributed by atoms with Gasteiger partial charge in [-0.15, -0.1) is 0 Å². The van der Waals surface area contributed by atoms with Crippen LogP contribution in [-0.4, -0.2) is 28.5 Å². The summed E-state index contributed by atoms with van der Waals surface area (Å²) >= 11 is 5.81. The van der Waals surface area contributed by atoms with Gasteiger partial charge in [-0.3, -0.25) is 0 Å². The topological polar surface area (TPSA) is 65.0 Å². The first-order chi connectivity index (χ1) is 18.9. The number of aromatic hydroxyl groups is 1. The van der Waals surface area contributed by atoms with E-state index in [1.54, 1.807) is 25.3 Å². The molecule has 200 valence electrons. The molecule has 7 heteroatoms. The van der Waals surface area contributed by atoms with E-state index in [-0.39, 0.29) is 23.7 Å². The van der Waals surface area contributed by atoms with Crippen molar-refractivity contribution in [3.63, 3.8) is 0 Å². The summed E-state index contributed by atoms with van der Waals surface area (Å²) in [4.78, 5) is 2.05. The molecule has 4 aromatic carbocycles. The predicted molar refractivity (Wildman–Crippen MR) is 156 cm³/mol. The van der Waals surface area contributed by atoms with Crippen molar-refractivity contribution in [3.05, 3.63) is 114 Å². The van der Waals surface area contributed by atoms with E-state index in [0.717, 1.165) is 22.4 Å². The Morgan fingerprint density at radius 1 is 0.949 bits per heavy atom. The molecule has 4 aromatic rings. The zero-order valence-corrected chi connectivity index (χ0v) is 22.4. The fraction of sp³-hybridized carbons (Fsp3) is 0.219. The Morgan fingerprint density at radius 3 is 2.31 bits per heavy atom. The maximum atomic E-state index is 13.3. The number of halogens is 1. The van der Waals surface area contributed by atoms with Crippen LogP contribution in [0.15, 0.2) is 97.1 Å². The van der Waals surface area contributed by atoms with Crippen molar-refractivity contribution >= 4 is 23.0 Å². The van der Waals surface area contributed by atoms with Crippen molar-refractivity contribution in [1.82, 2.24) is 5.32 Å². The number of thiocarbonyl (C=S) groups is 1. The summed E-state index contributed by atoms with van der Waals surface area (Å²) in [6, 6.07) is 29.3. The molecule has 0 amide bonds. The Labute approximate surface area is 233 Å². The maximum absolute atomic E-state index is 13.3. The average Bonchev–Trinajstić information content (AvgIpc) is 3.29. The van der Waals surface area contributed by atoms with Crippen molar-refractivity contribution in [2.75, 3.05) is 12.0 Å². The van der Waals surface area contributed by atoms with Gasteiger partial charge >= 0.3 is 0 Å². The van der Waals surface area contributed by atoms with E-state index in [4.69, 9.17) is 17.0 Å². The zero-order valence-electron chi connectivity index (χ0n) is 21.6. The summed E-state index contributed by atoms with van der Waals surface area (Å²) in [5.74, 6) is 0.379. The van der Waals surface area contributed by atoms with Crippen LogP contribution in [0.2, 0.25) is 0 Å². The highest BCUT2D eigenvalue weighted by atomic mass is 32.1. The molecule has 0 bridgehead atoms. The van der Waals surface area contributed by atoms with Crippen molar-refractivity contribution in [1.29, 1.82) is 0 Å². The minimum atomic E-state index is -0.687. The second-order valence-electron chi connectivity index (χ2n) is 9.71. The predicted octanol–water partition coefficient (Wildman–Crippen LogP) is 6.92.